The number of hydrogen-bond donors (Lipinski definition) is 7. The molecule has 2 aromatic carbocycles. The Bertz CT molecular complexity index is 916. The van der Waals surface area contributed by atoms with Crippen molar-refractivity contribution in [2.24, 2.45) is 5.92 Å². The lowest BCUT2D eigenvalue weighted by Gasteiger charge is -2.39. The third-order valence-corrected chi connectivity index (χ3v) is 5.10. The predicted molar refractivity (Wildman–Crippen MR) is 112 cm³/mol. The molecule has 0 radical (unpaired) electrons. The first-order valence-electron chi connectivity index (χ1n) is 9.55. The lowest BCUT2D eigenvalue weighted by Crippen LogP contribution is -2.57. The predicted octanol–water partition coefficient (Wildman–Crippen LogP) is -1.65. The first-order chi connectivity index (χ1) is 14.7. The molecule has 12 nitrogen and oxygen atoms in total. The average Bonchev–Trinajstić information content (AvgIpc) is 2.71. The molecule has 2 aromatic rings. The van der Waals surface area contributed by atoms with Crippen molar-refractivity contribution in [3.63, 3.8) is 0 Å². The number of phenols is 3. The number of ketones is 1. The molecule has 5 atom stereocenters. The Labute approximate surface area is 188 Å². The molecular formula is C21H28O12. The Hall–Kier alpha value is -2.97. The summed E-state index contributed by atoms with van der Waals surface area (Å²) < 4.78 is 10.5. The Balaban J connectivity index is 0.00000272. The van der Waals surface area contributed by atoms with E-state index in [0.29, 0.717) is 6.42 Å². The number of benzene rings is 2. The Morgan fingerprint density at radius 1 is 0.939 bits per heavy atom. The van der Waals surface area contributed by atoms with Crippen LogP contribution >= 0.6 is 0 Å². The lowest BCUT2D eigenvalue weighted by atomic mass is 9.93. The van der Waals surface area contributed by atoms with Gasteiger partial charge in [0.05, 0.1) is 6.61 Å². The van der Waals surface area contributed by atoms with Gasteiger partial charge >= 0.3 is 0 Å². The van der Waals surface area contributed by atoms with Gasteiger partial charge in [-0.3, -0.25) is 4.79 Å². The summed E-state index contributed by atoms with van der Waals surface area (Å²) in [5.74, 6) is -2.93. The maximum atomic E-state index is 12.8. The van der Waals surface area contributed by atoms with E-state index in [2.05, 4.69) is 0 Å². The van der Waals surface area contributed by atoms with E-state index in [4.69, 9.17) is 9.47 Å². The van der Waals surface area contributed by atoms with Crippen molar-refractivity contribution in [1.29, 1.82) is 0 Å². The standard InChI is InChI=1S/C21H24O10.2H2O/c22-9-13-18(27)20(29)31-21(19(13)28)30-16-8-12(24)7-15(26)17(16)14(25)6-3-10-1-4-11(23)5-2-10;;/h1-2,4-5,7-8,13,18-24,26-29H,3,6,9H2;2*1H2/t13-,18-,19+,20-,21+;;/m0../s1. The molecule has 1 aliphatic rings. The van der Waals surface area contributed by atoms with Gasteiger partial charge in [0.1, 0.15) is 40.8 Å². The summed E-state index contributed by atoms with van der Waals surface area (Å²) in [5.41, 5.74) is 0.495. The molecule has 0 bridgehead atoms. The molecule has 0 aromatic heterocycles. The smallest absolute Gasteiger partial charge is 0.228 e. The highest BCUT2D eigenvalue weighted by molar-refractivity contribution is 6.01. The van der Waals surface area contributed by atoms with Crippen LogP contribution < -0.4 is 4.74 Å². The number of carbonyl (C=O) groups excluding carboxylic acids is 1. The summed E-state index contributed by atoms with van der Waals surface area (Å²) in [6.07, 6.45) is -6.27. The van der Waals surface area contributed by atoms with Crippen LogP contribution in [0.5, 0.6) is 23.0 Å². The Kier molecular flexibility index (Phi) is 10.0. The summed E-state index contributed by atoms with van der Waals surface area (Å²) in [5, 5.41) is 68.7. The molecule has 1 saturated heterocycles. The molecule has 0 saturated carbocycles. The van der Waals surface area contributed by atoms with Crippen LogP contribution in [0.3, 0.4) is 0 Å². The molecule has 0 aliphatic carbocycles. The summed E-state index contributed by atoms with van der Waals surface area (Å²) in [6, 6.07) is 8.23. The normalized spacial score (nSPS) is 24.3. The van der Waals surface area contributed by atoms with Gasteiger partial charge in [-0.25, -0.2) is 0 Å². The molecule has 184 valence electrons. The van der Waals surface area contributed by atoms with E-state index in [0.717, 1.165) is 17.7 Å². The van der Waals surface area contributed by atoms with Gasteiger partial charge in [-0.15, -0.1) is 0 Å². The van der Waals surface area contributed by atoms with E-state index in [1.807, 2.05) is 0 Å². The van der Waals surface area contributed by atoms with Gasteiger partial charge in [0, 0.05) is 24.5 Å². The van der Waals surface area contributed by atoms with Crippen LogP contribution in [0.1, 0.15) is 22.3 Å². The van der Waals surface area contributed by atoms with Crippen molar-refractivity contribution in [2.75, 3.05) is 6.61 Å². The fourth-order valence-electron chi connectivity index (χ4n) is 3.36. The van der Waals surface area contributed by atoms with E-state index in [9.17, 15) is 40.5 Å². The van der Waals surface area contributed by atoms with Crippen LogP contribution in [-0.2, 0) is 11.2 Å². The monoisotopic (exact) mass is 472 g/mol. The number of carbonyl (C=O) groups is 1. The molecule has 3 rings (SSSR count). The van der Waals surface area contributed by atoms with Crippen LogP contribution in [0, 0.1) is 5.92 Å². The van der Waals surface area contributed by atoms with Crippen LogP contribution in [0.15, 0.2) is 36.4 Å². The van der Waals surface area contributed by atoms with Crippen molar-refractivity contribution < 1.29 is 61.0 Å². The van der Waals surface area contributed by atoms with Gasteiger partial charge in [-0.1, -0.05) is 12.1 Å². The third-order valence-electron chi connectivity index (χ3n) is 5.10. The van der Waals surface area contributed by atoms with Gasteiger partial charge in [0.15, 0.2) is 12.1 Å². The van der Waals surface area contributed by atoms with E-state index in [1.165, 1.54) is 12.1 Å². The first kappa shape index (κ1) is 28.1. The minimum absolute atomic E-state index is 0. The van der Waals surface area contributed by atoms with Crippen LogP contribution in [0.2, 0.25) is 0 Å². The highest BCUT2D eigenvalue weighted by Gasteiger charge is 2.45. The molecule has 0 amide bonds. The van der Waals surface area contributed by atoms with E-state index in [-0.39, 0.29) is 34.4 Å². The van der Waals surface area contributed by atoms with E-state index in [1.54, 1.807) is 12.1 Å². The number of phenolic OH excluding ortho intramolecular Hbond substituents is 3. The lowest BCUT2D eigenvalue weighted by molar-refractivity contribution is -0.314. The molecular weight excluding hydrogens is 444 g/mol. The molecule has 1 heterocycles. The zero-order chi connectivity index (χ0) is 22.7. The van der Waals surface area contributed by atoms with Crippen LogP contribution in [0.25, 0.3) is 0 Å². The van der Waals surface area contributed by atoms with Crippen molar-refractivity contribution in [3.05, 3.63) is 47.5 Å². The van der Waals surface area contributed by atoms with Crippen LogP contribution in [-0.4, -0.2) is 83.9 Å². The fourth-order valence-corrected chi connectivity index (χ4v) is 3.36. The highest BCUT2D eigenvalue weighted by Crippen LogP contribution is 2.36. The van der Waals surface area contributed by atoms with Crippen molar-refractivity contribution in [3.8, 4) is 23.0 Å². The molecule has 0 unspecified atom stereocenters. The minimum atomic E-state index is -1.77. The molecule has 12 heteroatoms. The second-order valence-electron chi connectivity index (χ2n) is 7.27. The van der Waals surface area contributed by atoms with Crippen LogP contribution in [0.4, 0.5) is 0 Å². The van der Waals surface area contributed by atoms with Gasteiger partial charge in [-0.2, -0.15) is 0 Å². The maximum absolute atomic E-state index is 12.8. The fraction of sp³-hybridized carbons (Fsp3) is 0.381. The highest BCUT2D eigenvalue weighted by atomic mass is 16.7. The second kappa shape index (κ2) is 11.8. The van der Waals surface area contributed by atoms with Gasteiger partial charge in [0.2, 0.25) is 6.29 Å². The first-order valence-corrected chi connectivity index (χ1v) is 9.55. The Morgan fingerprint density at radius 3 is 2.18 bits per heavy atom. The molecule has 11 N–H and O–H groups in total. The SMILES string of the molecule is O.O.O=C(CCc1ccc(O)cc1)c1c(O)cc(O)cc1O[C@@H]1O[C@H](O)[C@@H](O)[C@H](CO)[C@H]1O. The van der Waals surface area contributed by atoms with Gasteiger partial charge < -0.3 is 56.2 Å². The number of Topliss-reactive ketones (excluding diaryl/α,β-unsaturated/α-hetero) is 1. The number of hydrogen-bond acceptors (Lipinski definition) is 10. The minimum Gasteiger partial charge on any atom is -0.508 e. The summed E-state index contributed by atoms with van der Waals surface area (Å²) in [7, 11) is 0. The van der Waals surface area contributed by atoms with E-state index >= 15 is 0 Å². The van der Waals surface area contributed by atoms with E-state index < -0.39 is 54.6 Å². The number of aromatic hydroxyl groups is 3. The zero-order valence-corrected chi connectivity index (χ0v) is 17.3. The van der Waals surface area contributed by atoms with Crippen molar-refractivity contribution in [2.45, 2.75) is 37.6 Å². The average molecular weight is 472 g/mol. The number of aryl methyl sites for hydroxylation is 1. The summed E-state index contributed by atoms with van der Waals surface area (Å²) in [6.45, 7) is -0.674. The molecule has 1 aliphatic heterocycles. The summed E-state index contributed by atoms with van der Waals surface area (Å²) >= 11 is 0. The molecule has 33 heavy (non-hydrogen) atoms. The molecule has 0 spiro atoms. The summed E-state index contributed by atoms with van der Waals surface area (Å²) in [4.78, 5) is 12.8. The largest absolute Gasteiger partial charge is 0.508 e. The van der Waals surface area contributed by atoms with Gasteiger partial charge in [-0.05, 0) is 24.1 Å². The van der Waals surface area contributed by atoms with Crippen molar-refractivity contribution in [1.82, 2.24) is 0 Å². The number of aliphatic hydroxyl groups excluding tert-OH is 4. The topological polar surface area (TPSA) is 240 Å². The third kappa shape index (κ3) is 6.30. The number of aliphatic hydroxyl groups is 4. The van der Waals surface area contributed by atoms with Gasteiger partial charge in [0.25, 0.3) is 0 Å². The second-order valence-corrected chi connectivity index (χ2v) is 7.27. The Morgan fingerprint density at radius 2 is 1.58 bits per heavy atom. The maximum Gasteiger partial charge on any atom is 0.228 e. The molecule has 1 fully saturated rings. The number of rotatable bonds is 7. The quantitative estimate of drug-likeness (QED) is 0.226. The van der Waals surface area contributed by atoms with Crippen molar-refractivity contribution >= 4 is 5.78 Å². The number of ether oxygens (including phenoxy) is 2. The zero-order valence-electron chi connectivity index (χ0n) is 17.3.